The minimum Gasteiger partial charge on any atom is -0.484 e. The number of nitrogens with zero attached hydrogens (tertiary/aromatic N) is 3. The van der Waals surface area contributed by atoms with E-state index in [0.29, 0.717) is 129 Å². The number of ether oxygens (including phenoxy) is 8. The Kier molecular flexibility index (Phi) is 26.9. The molecule has 0 unspecified atom stereocenters. The Morgan fingerprint density at radius 3 is 1.14 bits per heavy atom. The van der Waals surface area contributed by atoms with Gasteiger partial charge in [-0.15, -0.1) is 0 Å². The number of benzene rings is 4. The second kappa shape index (κ2) is 34.6. The normalized spacial score (nSPS) is 19.4. The molecule has 4 aliphatic rings. The Morgan fingerprint density at radius 1 is 0.440 bits per heavy atom. The lowest BCUT2D eigenvalue weighted by molar-refractivity contribution is -0.122. The molecular weight excluding hydrogens is 1110 g/mol. The molecule has 0 saturated carbocycles. The van der Waals surface area contributed by atoms with Crippen LogP contribution in [0.5, 0.6) is 11.5 Å². The molecule has 0 bridgehead atoms. The fourth-order valence-electron chi connectivity index (χ4n) is 11.8. The zero-order valence-electron chi connectivity index (χ0n) is 49.5. The molecule has 0 aromatic heterocycles. The van der Waals surface area contributed by atoms with E-state index in [0.717, 1.165) is 39.0 Å². The van der Waals surface area contributed by atoms with Crippen molar-refractivity contribution in [3.63, 3.8) is 0 Å². The largest absolute Gasteiger partial charge is 0.484 e. The van der Waals surface area contributed by atoms with Crippen molar-refractivity contribution in [1.29, 1.82) is 0 Å². The van der Waals surface area contributed by atoms with Crippen molar-refractivity contribution in [2.24, 2.45) is 0 Å². The molecule has 2 aliphatic carbocycles. The number of likely N-dealkylation sites (tertiary alicyclic amines) is 2. The standard InChI is InChI=1S/C65H91N3O14S2/c1-66(50-54(69)18-12-34-75-38-42-79-44-40-77-36-14-46-83(71,72)58-26-22-56(23-27-58)81-64-60-20-6-4-16-52(60)48-62(64)67-30-8-2-9-31-67)51-55(70)19-13-35-76-39-43-80-45-41-78-37-15-47-84(73,74)59-28-24-57(25-29-59)82-65-61-21-7-5-17-53(61)49-63(65)68-32-10-3-11-33-68/h4-7,16-17,20-29,62-65H,2-3,8-15,18-19,30-51H2,1H3/t62-,63-,64-,65-/m0/s1. The van der Waals surface area contributed by atoms with Crippen LogP contribution in [-0.2, 0) is 70.5 Å². The number of hydrogen-bond acceptors (Lipinski definition) is 17. The van der Waals surface area contributed by atoms with Gasteiger partial charge in [0, 0.05) is 39.3 Å². The summed E-state index contributed by atoms with van der Waals surface area (Å²) < 4.78 is 99.2. The fraction of sp³-hybridized carbons (Fsp3) is 0.600. The first-order valence-corrected chi connectivity index (χ1v) is 34.0. The van der Waals surface area contributed by atoms with Crippen LogP contribution in [0.2, 0.25) is 0 Å². The lowest BCUT2D eigenvalue weighted by Gasteiger charge is -2.35. The lowest BCUT2D eigenvalue weighted by Crippen LogP contribution is -2.43. The molecule has 17 nitrogen and oxygen atoms in total. The number of carbonyl (C=O) groups is 2. The summed E-state index contributed by atoms with van der Waals surface area (Å²) in [6.07, 6.45) is 11.7. The van der Waals surface area contributed by atoms with Crippen molar-refractivity contribution in [2.45, 2.75) is 124 Å². The van der Waals surface area contributed by atoms with E-state index in [2.05, 4.69) is 58.3 Å². The number of rotatable bonds is 40. The summed E-state index contributed by atoms with van der Waals surface area (Å²) in [6, 6.07) is 31.2. The highest BCUT2D eigenvalue weighted by molar-refractivity contribution is 7.91. The minimum absolute atomic E-state index is 0.0185. The van der Waals surface area contributed by atoms with Crippen molar-refractivity contribution in [3.05, 3.63) is 119 Å². The molecule has 19 heteroatoms. The van der Waals surface area contributed by atoms with Gasteiger partial charge < -0.3 is 37.9 Å². The van der Waals surface area contributed by atoms with Crippen molar-refractivity contribution < 1.29 is 64.3 Å². The second-order valence-electron chi connectivity index (χ2n) is 22.6. The van der Waals surface area contributed by atoms with E-state index in [9.17, 15) is 26.4 Å². The molecule has 2 aliphatic heterocycles. The second-order valence-corrected chi connectivity index (χ2v) is 26.8. The van der Waals surface area contributed by atoms with Crippen LogP contribution in [0.1, 0.15) is 112 Å². The molecule has 4 atom stereocenters. The van der Waals surface area contributed by atoms with Crippen LogP contribution in [0.3, 0.4) is 0 Å². The first-order valence-electron chi connectivity index (χ1n) is 30.7. The van der Waals surface area contributed by atoms with Gasteiger partial charge in [-0.3, -0.25) is 24.3 Å². The van der Waals surface area contributed by atoms with Gasteiger partial charge in [0.05, 0.1) is 99.3 Å². The number of Topliss-reactive ketones (excluding diaryl/α,β-unsaturated/α-hetero) is 2. The zero-order chi connectivity index (χ0) is 58.8. The van der Waals surface area contributed by atoms with E-state index >= 15 is 0 Å². The summed E-state index contributed by atoms with van der Waals surface area (Å²) >= 11 is 0. The molecule has 4 aromatic carbocycles. The molecule has 2 saturated heterocycles. The Balaban J connectivity index is 0.557. The van der Waals surface area contributed by atoms with Gasteiger partial charge >= 0.3 is 0 Å². The highest BCUT2D eigenvalue weighted by atomic mass is 32.2. The van der Waals surface area contributed by atoms with Crippen molar-refractivity contribution >= 4 is 31.2 Å². The van der Waals surface area contributed by atoms with E-state index in [1.807, 2.05) is 0 Å². The summed E-state index contributed by atoms with van der Waals surface area (Å²) in [6.45, 7) is 9.07. The quantitative estimate of drug-likeness (QED) is 0.0386. The van der Waals surface area contributed by atoms with Crippen LogP contribution >= 0.6 is 0 Å². The third kappa shape index (κ3) is 20.8. The number of carbonyl (C=O) groups excluding carboxylic acids is 2. The minimum atomic E-state index is -3.48. The van der Waals surface area contributed by atoms with Gasteiger partial charge in [0.25, 0.3) is 0 Å². The molecule has 84 heavy (non-hydrogen) atoms. The number of piperidine rings is 2. The lowest BCUT2D eigenvalue weighted by atomic mass is 10.0. The zero-order valence-corrected chi connectivity index (χ0v) is 51.1. The van der Waals surface area contributed by atoms with Crippen molar-refractivity contribution in [3.8, 4) is 11.5 Å². The van der Waals surface area contributed by atoms with Crippen LogP contribution in [0.4, 0.5) is 0 Å². The topological polar surface area (TPSA) is 186 Å². The third-order valence-corrected chi connectivity index (χ3v) is 19.8. The van der Waals surface area contributed by atoms with Gasteiger partial charge in [0.2, 0.25) is 0 Å². The van der Waals surface area contributed by atoms with Gasteiger partial charge in [0.1, 0.15) is 35.3 Å². The fourth-order valence-corrected chi connectivity index (χ4v) is 14.4. The highest BCUT2D eigenvalue weighted by Crippen LogP contribution is 2.41. The highest BCUT2D eigenvalue weighted by Gasteiger charge is 2.40. The predicted octanol–water partition coefficient (Wildman–Crippen LogP) is 8.51. The summed E-state index contributed by atoms with van der Waals surface area (Å²) in [5, 5.41) is 0. The SMILES string of the molecule is CN(CC(=O)CCCOCCOCCOCCCS(=O)(=O)c1ccc(O[C@H]2c3ccccc3C[C@@H]2N2CCCCC2)cc1)CC(=O)CCCOCCOCCOCCCS(=O)(=O)c1ccc(O[C@H]2c3ccccc3C[C@@H]2N2CCCCC2)cc1. The Hall–Kier alpha value is -4.64. The molecule has 2 fully saturated rings. The molecule has 0 spiro atoms. The van der Waals surface area contributed by atoms with Crippen LogP contribution in [-0.4, -0.2) is 192 Å². The molecule has 2 heterocycles. The van der Waals surface area contributed by atoms with E-state index in [-0.39, 0.29) is 70.2 Å². The van der Waals surface area contributed by atoms with E-state index < -0.39 is 19.7 Å². The molecule has 0 N–H and O–H groups in total. The smallest absolute Gasteiger partial charge is 0.178 e. The third-order valence-electron chi connectivity index (χ3n) is 16.2. The first-order chi connectivity index (χ1) is 40.9. The van der Waals surface area contributed by atoms with Gasteiger partial charge in [-0.2, -0.15) is 0 Å². The van der Waals surface area contributed by atoms with Gasteiger partial charge in [-0.1, -0.05) is 61.4 Å². The molecule has 4 aromatic rings. The number of likely N-dealkylation sites (N-methyl/N-ethyl adjacent to an activating group) is 1. The molecule has 462 valence electrons. The average Bonchev–Trinajstić information content (AvgIpc) is 2.48. The summed E-state index contributed by atoms with van der Waals surface area (Å²) in [4.78, 5) is 32.4. The van der Waals surface area contributed by atoms with Gasteiger partial charge in [0.15, 0.2) is 19.7 Å². The van der Waals surface area contributed by atoms with E-state index in [1.54, 1.807) is 60.5 Å². The Bertz CT molecular complexity index is 2640. The van der Waals surface area contributed by atoms with Crippen molar-refractivity contribution in [2.75, 3.05) is 137 Å². The maximum atomic E-state index is 13.1. The van der Waals surface area contributed by atoms with Crippen LogP contribution in [0.25, 0.3) is 0 Å². The monoisotopic (exact) mass is 1200 g/mol. The average molecular weight is 1200 g/mol. The maximum Gasteiger partial charge on any atom is 0.178 e. The Labute approximate surface area is 499 Å². The van der Waals surface area contributed by atoms with Crippen LogP contribution in [0.15, 0.2) is 107 Å². The van der Waals surface area contributed by atoms with Crippen LogP contribution in [0, 0.1) is 0 Å². The molecule has 0 amide bonds. The maximum absolute atomic E-state index is 13.1. The van der Waals surface area contributed by atoms with Gasteiger partial charge in [-0.05, 0) is 168 Å². The molecular formula is C65H91N3O14S2. The summed E-state index contributed by atoms with van der Waals surface area (Å²) in [5.74, 6) is 1.39. The number of ketones is 2. The number of sulfone groups is 2. The van der Waals surface area contributed by atoms with E-state index in [1.165, 1.54) is 60.8 Å². The first kappa shape index (κ1) is 65.3. The number of hydrogen-bond donors (Lipinski definition) is 0. The summed E-state index contributed by atoms with van der Waals surface area (Å²) in [5.41, 5.74) is 5.08. The Morgan fingerprint density at radius 2 is 0.774 bits per heavy atom. The van der Waals surface area contributed by atoms with Gasteiger partial charge in [-0.25, -0.2) is 16.8 Å². The van der Waals surface area contributed by atoms with Crippen molar-refractivity contribution in [1.82, 2.24) is 14.7 Å². The van der Waals surface area contributed by atoms with E-state index in [4.69, 9.17) is 37.9 Å². The predicted molar refractivity (Wildman–Crippen MR) is 323 cm³/mol. The molecule has 0 radical (unpaired) electrons. The summed E-state index contributed by atoms with van der Waals surface area (Å²) in [7, 11) is -5.20. The molecule has 8 rings (SSSR count). The van der Waals surface area contributed by atoms with Crippen LogP contribution < -0.4 is 9.47 Å². The number of fused-ring (bicyclic) bond motifs is 2.